The van der Waals surface area contributed by atoms with E-state index in [0.717, 1.165) is 34.7 Å². The Kier molecular flexibility index (Phi) is 7.19. The molecule has 39 heavy (non-hydrogen) atoms. The van der Waals surface area contributed by atoms with E-state index in [9.17, 15) is 14.0 Å². The molecule has 200 valence electrons. The third-order valence-electron chi connectivity index (χ3n) is 7.11. The second-order valence-corrected chi connectivity index (χ2v) is 10.0. The third kappa shape index (κ3) is 5.41. The molecule has 8 heteroatoms. The molecule has 0 spiro atoms. The lowest BCUT2D eigenvalue weighted by atomic mass is 10.0. The highest BCUT2D eigenvalue weighted by molar-refractivity contribution is 6.30. The monoisotopic (exact) mass is 526 g/mol. The van der Waals surface area contributed by atoms with Gasteiger partial charge in [0, 0.05) is 44.9 Å². The van der Waals surface area contributed by atoms with Crippen LogP contribution >= 0.6 is 0 Å². The molecule has 0 fully saturated rings. The SMILES string of the molecule is COc1cc(CN(C)C(=O)c2ccc(CN3C=C4C(=O)N(c5ccc(F)c(C)c5)N=C4CC3)cc2)ccc1C. The molecule has 5 rings (SSSR count). The Labute approximate surface area is 227 Å². The van der Waals surface area contributed by atoms with Gasteiger partial charge in [-0.1, -0.05) is 24.3 Å². The van der Waals surface area contributed by atoms with Crippen molar-refractivity contribution < 1.29 is 18.7 Å². The Morgan fingerprint density at radius 1 is 1.03 bits per heavy atom. The second kappa shape index (κ2) is 10.7. The summed E-state index contributed by atoms with van der Waals surface area (Å²) in [5.74, 6) is 0.221. The van der Waals surface area contributed by atoms with Gasteiger partial charge in [0.2, 0.25) is 0 Å². The fourth-order valence-electron chi connectivity index (χ4n) is 4.84. The Balaban J connectivity index is 1.22. The van der Waals surface area contributed by atoms with Crippen molar-refractivity contribution in [2.75, 3.05) is 25.7 Å². The average molecular weight is 527 g/mol. The number of hydrogen-bond donors (Lipinski definition) is 0. The lowest BCUT2D eigenvalue weighted by Gasteiger charge is -2.25. The third-order valence-corrected chi connectivity index (χ3v) is 7.11. The van der Waals surface area contributed by atoms with Crippen LogP contribution in [0.3, 0.4) is 0 Å². The fourth-order valence-corrected chi connectivity index (χ4v) is 4.84. The number of amides is 2. The molecule has 0 saturated carbocycles. The largest absolute Gasteiger partial charge is 0.496 e. The van der Waals surface area contributed by atoms with E-state index in [4.69, 9.17) is 4.74 Å². The molecule has 7 nitrogen and oxygen atoms in total. The van der Waals surface area contributed by atoms with Gasteiger partial charge in [0.25, 0.3) is 11.8 Å². The van der Waals surface area contributed by atoms with Gasteiger partial charge in [-0.15, -0.1) is 0 Å². The zero-order valence-corrected chi connectivity index (χ0v) is 22.6. The molecular formula is C31H31FN4O3. The molecule has 2 amide bonds. The van der Waals surface area contributed by atoms with E-state index in [2.05, 4.69) is 10.0 Å². The van der Waals surface area contributed by atoms with Crippen molar-refractivity contribution in [1.29, 1.82) is 0 Å². The van der Waals surface area contributed by atoms with Gasteiger partial charge < -0.3 is 14.5 Å². The first-order valence-electron chi connectivity index (χ1n) is 12.9. The summed E-state index contributed by atoms with van der Waals surface area (Å²) in [6, 6.07) is 18.1. The number of hydrogen-bond acceptors (Lipinski definition) is 5. The number of ether oxygens (including phenoxy) is 1. The number of fused-ring (bicyclic) bond motifs is 1. The van der Waals surface area contributed by atoms with E-state index >= 15 is 0 Å². The molecule has 0 saturated heterocycles. The maximum atomic E-state index is 13.7. The van der Waals surface area contributed by atoms with Gasteiger partial charge in [-0.05, 0) is 72.5 Å². The van der Waals surface area contributed by atoms with Crippen molar-refractivity contribution in [2.24, 2.45) is 5.10 Å². The standard InChI is InChI=1S/C31H31FN4O3/c1-20-5-6-23(16-29(20)39-4)17-34(3)30(37)24-9-7-22(8-10-24)18-35-14-13-28-26(19-35)31(38)36(33-28)25-11-12-27(32)21(2)15-25/h5-12,15-16,19H,13-14,17-18H2,1-4H3. The van der Waals surface area contributed by atoms with E-state index in [1.54, 1.807) is 38.1 Å². The maximum absolute atomic E-state index is 13.7. The number of carbonyl (C=O) groups excluding carboxylic acids is 2. The van der Waals surface area contributed by atoms with Gasteiger partial charge in [-0.25, -0.2) is 4.39 Å². The molecule has 0 aromatic heterocycles. The zero-order chi connectivity index (χ0) is 27.7. The summed E-state index contributed by atoms with van der Waals surface area (Å²) in [6.07, 6.45) is 2.49. The number of rotatable bonds is 7. The normalized spacial score (nSPS) is 14.6. The van der Waals surface area contributed by atoms with E-state index in [1.807, 2.05) is 55.6 Å². The molecular weight excluding hydrogens is 495 g/mol. The molecule has 0 atom stereocenters. The van der Waals surface area contributed by atoms with Crippen molar-refractivity contribution in [3.8, 4) is 5.75 Å². The van der Waals surface area contributed by atoms with Crippen LogP contribution in [-0.2, 0) is 17.9 Å². The Morgan fingerprint density at radius 2 is 1.77 bits per heavy atom. The molecule has 3 aromatic carbocycles. The molecule has 0 radical (unpaired) electrons. The van der Waals surface area contributed by atoms with Crippen molar-refractivity contribution in [2.45, 2.75) is 33.4 Å². The lowest BCUT2D eigenvalue weighted by molar-refractivity contribution is -0.114. The number of aryl methyl sites for hydroxylation is 2. The van der Waals surface area contributed by atoms with Crippen molar-refractivity contribution in [1.82, 2.24) is 9.80 Å². The van der Waals surface area contributed by atoms with Crippen molar-refractivity contribution in [3.05, 3.63) is 106 Å². The number of halogens is 1. The predicted molar refractivity (Wildman–Crippen MR) is 149 cm³/mol. The average Bonchev–Trinajstić information content (AvgIpc) is 3.27. The summed E-state index contributed by atoms with van der Waals surface area (Å²) in [5.41, 5.74) is 6.03. The molecule has 3 aromatic rings. The van der Waals surface area contributed by atoms with Gasteiger partial charge >= 0.3 is 0 Å². The van der Waals surface area contributed by atoms with Crippen LogP contribution in [0.1, 0.15) is 39.0 Å². The lowest BCUT2D eigenvalue weighted by Crippen LogP contribution is -2.29. The minimum Gasteiger partial charge on any atom is -0.496 e. The van der Waals surface area contributed by atoms with Crippen LogP contribution in [-0.4, -0.2) is 48.0 Å². The van der Waals surface area contributed by atoms with Crippen molar-refractivity contribution in [3.63, 3.8) is 0 Å². The summed E-state index contributed by atoms with van der Waals surface area (Å²) in [4.78, 5) is 29.9. The first-order valence-corrected chi connectivity index (χ1v) is 12.9. The summed E-state index contributed by atoms with van der Waals surface area (Å²) >= 11 is 0. The second-order valence-electron chi connectivity index (χ2n) is 10.0. The molecule has 2 aliphatic rings. The van der Waals surface area contributed by atoms with Gasteiger partial charge in [0.05, 0.1) is 24.1 Å². The Hall–Kier alpha value is -4.46. The predicted octanol–water partition coefficient (Wildman–Crippen LogP) is 5.22. The minimum absolute atomic E-state index is 0.0605. The van der Waals surface area contributed by atoms with E-state index in [0.29, 0.717) is 41.9 Å². The smallest absolute Gasteiger partial charge is 0.282 e. The van der Waals surface area contributed by atoms with Crippen LogP contribution in [0.2, 0.25) is 0 Å². The topological polar surface area (TPSA) is 65.5 Å². The molecule has 0 unspecified atom stereocenters. The van der Waals surface area contributed by atoms with Crippen LogP contribution in [0.25, 0.3) is 0 Å². The van der Waals surface area contributed by atoms with Crippen LogP contribution in [0.4, 0.5) is 10.1 Å². The first-order chi connectivity index (χ1) is 18.7. The van der Waals surface area contributed by atoms with Crippen molar-refractivity contribution >= 4 is 23.2 Å². The number of methoxy groups -OCH3 is 1. The summed E-state index contributed by atoms with van der Waals surface area (Å²) < 4.78 is 19.1. The summed E-state index contributed by atoms with van der Waals surface area (Å²) in [6.45, 7) is 5.45. The number of carbonyl (C=O) groups is 2. The molecule has 0 N–H and O–H groups in total. The van der Waals surface area contributed by atoms with Crippen LogP contribution in [0.5, 0.6) is 5.75 Å². The number of benzene rings is 3. The Morgan fingerprint density at radius 3 is 2.49 bits per heavy atom. The van der Waals surface area contributed by atoms with E-state index < -0.39 is 0 Å². The molecule has 0 bridgehead atoms. The molecule has 2 heterocycles. The summed E-state index contributed by atoms with van der Waals surface area (Å²) in [7, 11) is 3.43. The van der Waals surface area contributed by atoms with Gasteiger partial charge in [-0.3, -0.25) is 9.59 Å². The number of nitrogens with zero attached hydrogens (tertiary/aromatic N) is 4. The zero-order valence-electron chi connectivity index (χ0n) is 22.6. The van der Waals surface area contributed by atoms with E-state index in [-0.39, 0.29) is 17.6 Å². The summed E-state index contributed by atoms with van der Waals surface area (Å²) in [5, 5.41) is 5.85. The highest BCUT2D eigenvalue weighted by atomic mass is 19.1. The fraction of sp³-hybridized carbons (Fsp3) is 0.258. The molecule has 2 aliphatic heterocycles. The van der Waals surface area contributed by atoms with Crippen LogP contribution in [0, 0.1) is 19.7 Å². The van der Waals surface area contributed by atoms with E-state index in [1.165, 1.54) is 11.1 Å². The van der Waals surface area contributed by atoms with Gasteiger partial charge in [0.1, 0.15) is 11.6 Å². The van der Waals surface area contributed by atoms with Gasteiger partial charge in [0.15, 0.2) is 0 Å². The highest BCUT2D eigenvalue weighted by Gasteiger charge is 2.34. The maximum Gasteiger partial charge on any atom is 0.282 e. The number of hydrazone groups is 1. The van der Waals surface area contributed by atoms with Crippen LogP contribution < -0.4 is 9.75 Å². The highest BCUT2D eigenvalue weighted by Crippen LogP contribution is 2.29. The van der Waals surface area contributed by atoms with Crippen LogP contribution in [0.15, 0.2) is 77.5 Å². The Bertz CT molecular complexity index is 1500. The minimum atomic E-state index is -0.313. The quantitative estimate of drug-likeness (QED) is 0.424. The van der Waals surface area contributed by atoms with Gasteiger partial charge in [-0.2, -0.15) is 10.1 Å². The first kappa shape index (κ1) is 26.2. The molecule has 0 aliphatic carbocycles. The number of anilines is 1.